The summed E-state index contributed by atoms with van der Waals surface area (Å²) >= 11 is 0. The number of esters is 1. The monoisotopic (exact) mass is 576 g/mol. The van der Waals surface area contributed by atoms with E-state index in [0.717, 1.165) is 31.6 Å². The van der Waals surface area contributed by atoms with Crippen molar-refractivity contribution < 1.29 is 33.3 Å². The molecule has 0 spiro atoms. The Hall–Kier alpha value is -4.01. The molecule has 4 rings (SSSR count). The van der Waals surface area contributed by atoms with Crippen molar-refractivity contribution in [2.75, 3.05) is 13.7 Å². The van der Waals surface area contributed by atoms with Crippen LogP contribution in [-0.2, 0) is 30.5 Å². The molecule has 224 valence electrons. The maximum absolute atomic E-state index is 12.2. The van der Waals surface area contributed by atoms with Gasteiger partial charge >= 0.3 is 11.9 Å². The number of carbonyl (C=O) groups is 4. The molecule has 2 aliphatic heterocycles. The number of pyridine rings is 1. The van der Waals surface area contributed by atoms with Crippen molar-refractivity contribution in [3.63, 3.8) is 0 Å². The van der Waals surface area contributed by atoms with Gasteiger partial charge in [-0.05, 0) is 38.8 Å². The smallest absolute Gasteiger partial charge is 0.343 e. The number of rotatable bonds is 11. The molecule has 0 bridgehead atoms. The normalized spacial score (nSPS) is 22.2. The third-order valence-electron chi connectivity index (χ3n) is 8.35. The van der Waals surface area contributed by atoms with Gasteiger partial charge in [0.1, 0.15) is 12.1 Å². The minimum absolute atomic E-state index is 0.0882. The number of aromatic nitrogens is 1. The number of methoxy groups -OCH3 is 1. The minimum atomic E-state index is -0.550. The number of imide groups is 1. The maximum atomic E-state index is 12.2. The van der Waals surface area contributed by atoms with Gasteiger partial charge in [-0.25, -0.2) is 9.59 Å². The third-order valence-corrected chi connectivity index (χ3v) is 8.35. The molecule has 3 aliphatic rings. The number of hydrogen-bond donors (Lipinski definition) is 0. The van der Waals surface area contributed by atoms with Crippen LogP contribution in [0.3, 0.4) is 0 Å². The molecule has 1 aliphatic carbocycles. The molecule has 42 heavy (non-hydrogen) atoms. The van der Waals surface area contributed by atoms with Crippen LogP contribution in [0.1, 0.15) is 82.3 Å². The van der Waals surface area contributed by atoms with Crippen LogP contribution in [0.2, 0.25) is 0 Å². The van der Waals surface area contributed by atoms with Crippen LogP contribution < -0.4 is 4.57 Å². The fourth-order valence-corrected chi connectivity index (χ4v) is 6.01. The lowest BCUT2D eigenvalue weighted by atomic mass is 9.74. The van der Waals surface area contributed by atoms with Gasteiger partial charge in [-0.1, -0.05) is 50.1 Å². The van der Waals surface area contributed by atoms with Crippen molar-refractivity contribution >= 4 is 29.8 Å². The van der Waals surface area contributed by atoms with Gasteiger partial charge in [0.2, 0.25) is 5.69 Å². The van der Waals surface area contributed by atoms with E-state index in [1.165, 1.54) is 18.4 Å². The minimum Gasteiger partial charge on any atom is -0.465 e. The number of hydrogen-bond acceptors (Lipinski definition) is 7. The van der Waals surface area contributed by atoms with Crippen LogP contribution in [0.5, 0.6) is 0 Å². The van der Waals surface area contributed by atoms with Gasteiger partial charge in [0.05, 0.1) is 13.2 Å². The van der Waals surface area contributed by atoms with Crippen LogP contribution in [0.25, 0.3) is 6.08 Å². The Morgan fingerprint density at radius 2 is 1.86 bits per heavy atom. The highest BCUT2D eigenvalue weighted by atomic mass is 16.7. The zero-order valence-electron chi connectivity index (χ0n) is 25.3. The number of unbranched alkanes of at least 4 members (excludes halogenated alkanes) is 2. The van der Waals surface area contributed by atoms with Gasteiger partial charge < -0.3 is 14.5 Å². The summed E-state index contributed by atoms with van der Waals surface area (Å²) in [6.07, 6.45) is 17.7. The van der Waals surface area contributed by atoms with Crippen LogP contribution in [0, 0.1) is 11.3 Å². The molecule has 1 aromatic rings. The molecule has 2 amide bonds. The fraction of sp³-hybridized carbons (Fsp3) is 0.485. The number of likely N-dealkylation sites (tertiary alicyclic amines) is 1. The van der Waals surface area contributed by atoms with E-state index in [-0.39, 0.29) is 36.7 Å². The van der Waals surface area contributed by atoms with E-state index in [1.807, 2.05) is 23.8 Å². The molecule has 0 saturated carbocycles. The SMILES string of the molecule is CC[n+]1cc(C(=O)OC)ccc1C=CC=C1N(CCCCCC(=O)ON2C(=O)CCC2=O)C2C=CC(C)=CC2C1(C)C. The third kappa shape index (κ3) is 6.72. The zero-order chi connectivity index (χ0) is 30.4. The Morgan fingerprint density at radius 3 is 2.55 bits per heavy atom. The number of fused-ring (bicyclic) bond motifs is 1. The van der Waals surface area contributed by atoms with E-state index in [9.17, 15) is 19.2 Å². The Bertz CT molecular complexity index is 1340. The highest BCUT2D eigenvalue weighted by molar-refractivity contribution is 6.01. The molecule has 2 unspecified atom stereocenters. The van der Waals surface area contributed by atoms with E-state index in [4.69, 9.17) is 9.57 Å². The number of amides is 2. The number of carbonyl (C=O) groups excluding carboxylic acids is 4. The van der Waals surface area contributed by atoms with Crippen LogP contribution in [0.15, 0.2) is 60.0 Å². The average molecular weight is 577 g/mol. The Balaban J connectivity index is 1.43. The molecular weight excluding hydrogens is 534 g/mol. The van der Waals surface area contributed by atoms with Gasteiger partial charge in [0.25, 0.3) is 11.8 Å². The largest absolute Gasteiger partial charge is 0.465 e. The lowest BCUT2D eigenvalue weighted by Gasteiger charge is -2.29. The molecule has 0 radical (unpaired) electrons. The van der Waals surface area contributed by atoms with Crippen LogP contribution in [0.4, 0.5) is 0 Å². The van der Waals surface area contributed by atoms with Crippen molar-refractivity contribution in [3.8, 4) is 0 Å². The van der Waals surface area contributed by atoms with Gasteiger partial charge in [0.15, 0.2) is 6.20 Å². The van der Waals surface area contributed by atoms with Gasteiger partial charge in [-0.15, -0.1) is 5.06 Å². The molecule has 0 N–H and O–H groups in total. The van der Waals surface area contributed by atoms with E-state index in [2.05, 4.69) is 62.1 Å². The predicted molar refractivity (Wildman–Crippen MR) is 157 cm³/mol. The summed E-state index contributed by atoms with van der Waals surface area (Å²) in [7, 11) is 1.38. The molecule has 2 atom stereocenters. The summed E-state index contributed by atoms with van der Waals surface area (Å²) in [5, 5.41) is 0.611. The van der Waals surface area contributed by atoms with Crippen LogP contribution >= 0.6 is 0 Å². The van der Waals surface area contributed by atoms with Crippen LogP contribution in [-0.4, -0.2) is 53.4 Å². The molecule has 1 aromatic heterocycles. The Morgan fingerprint density at radius 1 is 1.12 bits per heavy atom. The summed E-state index contributed by atoms with van der Waals surface area (Å²) in [5.74, 6) is -1.48. The molecule has 2 saturated heterocycles. The van der Waals surface area contributed by atoms with Crippen molar-refractivity contribution in [2.45, 2.75) is 78.8 Å². The molecular formula is C33H42N3O6+. The first-order valence-electron chi connectivity index (χ1n) is 14.8. The van der Waals surface area contributed by atoms with Crippen molar-refractivity contribution in [1.29, 1.82) is 0 Å². The first kappa shape index (κ1) is 30.9. The number of ether oxygens (including phenoxy) is 1. The maximum Gasteiger partial charge on any atom is 0.343 e. The number of allylic oxidation sites excluding steroid dienone is 5. The van der Waals surface area contributed by atoms with Crippen molar-refractivity contribution in [2.24, 2.45) is 11.3 Å². The lowest BCUT2D eigenvalue weighted by molar-refractivity contribution is -0.695. The molecule has 3 heterocycles. The molecule has 2 fully saturated rings. The molecule has 0 aromatic carbocycles. The second kappa shape index (κ2) is 13.3. The average Bonchev–Trinajstić information content (AvgIpc) is 3.39. The molecule has 9 nitrogen and oxygen atoms in total. The number of nitrogens with zero attached hydrogens (tertiary/aromatic N) is 3. The Labute approximate surface area is 248 Å². The summed E-state index contributed by atoms with van der Waals surface area (Å²) < 4.78 is 6.88. The fourth-order valence-electron chi connectivity index (χ4n) is 6.01. The Kier molecular flexibility index (Phi) is 9.81. The summed E-state index contributed by atoms with van der Waals surface area (Å²) in [6.45, 7) is 10.3. The highest BCUT2D eigenvalue weighted by Crippen LogP contribution is 2.50. The van der Waals surface area contributed by atoms with Gasteiger partial charge in [-0.2, -0.15) is 4.57 Å². The topological polar surface area (TPSA) is 97.1 Å². The number of aryl methyl sites for hydroxylation is 1. The summed E-state index contributed by atoms with van der Waals surface area (Å²) in [6, 6.07) is 3.96. The van der Waals surface area contributed by atoms with Crippen molar-refractivity contribution in [1.82, 2.24) is 9.96 Å². The zero-order valence-corrected chi connectivity index (χ0v) is 25.3. The number of hydroxylamine groups is 2. The van der Waals surface area contributed by atoms with E-state index in [0.29, 0.717) is 23.0 Å². The van der Waals surface area contributed by atoms with E-state index in [1.54, 1.807) is 6.07 Å². The second-order valence-electron chi connectivity index (χ2n) is 11.6. The van der Waals surface area contributed by atoms with Gasteiger partial charge in [-0.3, -0.25) is 9.59 Å². The highest BCUT2D eigenvalue weighted by Gasteiger charge is 2.48. The quantitative estimate of drug-likeness (QED) is 0.163. The van der Waals surface area contributed by atoms with E-state index < -0.39 is 17.8 Å². The standard InChI is InChI=1S/C33H42N3O6/c1-6-34-22-24(32(40)41-5)15-16-25(34)11-10-12-28-33(3,4)26-21-23(2)14-17-27(26)35(28)20-9-7-8-13-31(39)42-36-29(37)18-19-30(36)38/h10-12,14-17,21-22,26-27H,6-9,13,18-20H2,1-5H3/q+1. The molecule has 9 heteroatoms. The van der Waals surface area contributed by atoms with Gasteiger partial charge in [0, 0.05) is 55.0 Å². The first-order valence-corrected chi connectivity index (χ1v) is 14.8. The van der Waals surface area contributed by atoms with Crippen molar-refractivity contribution in [3.05, 3.63) is 71.2 Å². The lowest BCUT2D eigenvalue weighted by Crippen LogP contribution is -2.36. The second-order valence-corrected chi connectivity index (χ2v) is 11.6. The first-order chi connectivity index (χ1) is 20.1. The van der Waals surface area contributed by atoms with E-state index >= 15 is 0 Å². The predicted octanol–water partition coefficient (Wildman–Crippen LogP) is 4.69. The summed E-state index contributed by atoms with van der Waals surface area (Å²) in [5.41, 5.74) is 3.94. The summed E-state index contributed by atoms with van der Waals surface area (Å²) in [4.78, 5) is 55.0.